The number of anilines is 1. The molecule has 1 aromatic carbocycles. The molecule has 6 heteroatoms. The summed E-state index contributed by atoms with van der Waals surface area (Å²) in [6.07, 6.45) is 0.722. The predicted octanol–water partition coefficient (Wildman–Crippen LogP) is 4.78. The van der Waals surface area contributed by atoms with E-state index in [1.807, 2.05) is 20.8 Å². The number of carbonyl (C=O) groups excluding carboxylic acids is 3. The summed E-state index contributed by atoms with van der Waals surface area (Å²) in [4.78, 5) is 42.8. The molecule has 3 amide bonds. The number of halogens is 1. The average molecular weight is 463 g/mol. The van der Waals surface area contributed by atoms with Crippen LogP contribution in [0.15, 0.2) is 28.7 Å². The van der Waals surface area contributed by atoms with Crippen LogP contribution in [0.3, 0.4) is 0 Å². The average Bonchev–Trinajstić information content (AvgIpc) is 2.86. The van der Waals surface area contributed by atoms with Crippen LogP contribution in [-0.4, -0.2) is 34.2 Å². The third kappa shape index (κ3) is 3.33. The van der Waals surface area contributed by atoms with Crippen LogP contribution < -0.4 is 4.90 Å². The van der Waals surface area contributed by atoms with Crippen molar-refractivity contribution in [3.8, 4) is 0 Å². The van der Waals surface area contributed by atoms with Crippen molar-refractivity contribution in [1.29, 1.82) is 0 Å². The van der Waals surface area contributed by atoms with E-state index in [1.165, 1.54) is 4.90 Å². The highest BCUT2D eigenvalue weighted by atomic mass is 79.9. The first-order valence-electron chi connectivity index (χ1n) is 10.2. The Morgan fingerprint density at radius 1 is 1.14 bits per heavy atom. The monoisotopic (exact) mass is 462 g/mol. The van der Waals surface area contributed by atoms with Crippen LogP contribution >= 0.6 is 15.9 Å². The quantitative estimate of drug-likeness (QED) is 0.591. The van der Waals surface area contributed by atoms with Gasteiger partial charge in [-0.05, 0) is 55.4 Å². The molecule has 1 heterocycles. The van der Waals surface area contributed by atoms with Crippen LogP contribution in [0, 0.1) is 16.7 Å². The smallest absolute Gasteiger partial charge is 0.257 e. The third-order valence-corrected chi connectivity index (χ3v) is 8.07. The second-order valence-electron chi connectivity index (χ2n) is 10.0. The Bertz CT molecular complexity index is 843. The lowest BCUT2D eigenvalue weighted by molar-refractivity contribution is -0.147. The van der Waals surface area contributed by atoms with Gasteiger partial charge in [0.2, 0.25) is 11.8 Å². The number of nitrogens with zero attached hydrogens (tertiary/aromatic N) is 2. The lowest BCUT2D eigenvalue weighted by Gasteiger charge is -2.41. The molecule has 1 unspecified atom stereocenters. The maximum atomic E-state index is 13.7. The summed E-state index contributed by atoms with van der Waals surface area (Å²) in [5, 5.41) is 0. The molecule has 158 valence electrons. The van der Waals surface area contributed by atoms with Gasteiger partial charge in [-0.1, -0.05) is 50.5 Å². The molecule has 2 aliphatic rings. The van der Waals surface area contributed by atoms with Crippen molar-refractivity contribution < 1.29 is 14.4 Å². The van der Waals surface area contributed by atoms with Crippen LogP contribution in [0.5, 0.6) is 0 Å². The molecule has 3 rings (SSSR count). The SMILES string of the molecule is CCC(C)(C)N(C(=O)C1C(C)(C)C1(C)C)C1CC(=O)N(c2ccc(Br)cc2)C1=O. The Kier molecular flexibility index (Phi) is 5.26. The van der Waals surface area contributed by atoms with Crippen molar-refractivity contribution >= 4 is 39.3 Å². The minimum Gasteiger partial charge on any atom is -0.325 e. The number of carbonyl (C=O) groups is 3. The van der Waals surface area contributed by atoms with Gasteiger partial charge in [0.25, 0.3) is 5.91 Å². The molecule has 1 saturated heterocycles. The summed E-state index contributed by atoms with van der Waals surface area (Å²) < 4.78 is 0.874. The zero-order valence-electron chi connectivity index (χ0n) is 18.4. The normalized spacial score (nSPS) is 23.4. The summed E-state index contributed by atoms with van der Waals surface area (Å²) in [5.41, 5.74) is -0.256. The topological polar surface area (TPSA) is 57.7 Å². The van der Waals surface area contributed by atoms with Gasteiger partial charge in [-0.2, -0.15) is 0 Å². The number of amides is 3. The van der Waals surface area contributed by atoms with E-state index in [-0.39, 0.29) is 40.9 Å². The number of rotatable bonds is 5. The summed E-state index contributed by atoms with van der Waals surface area (Å²) in [6.45, 7) is 14.4. The number of hydrogen-bond acceptors (Lipinski definition) is 3. The molecule has 2 fully saturated rings. The maximum absolute atomic E-state index is 13.7. The molecule has 1 saturated carbocycles. The first-order valence-corrected chi connectivity index (χ1v) is 11.0. The van der Waals surface area contributed by atoms with E-state index >= 15 is 0 Å². The van der Waals surface area contributed by atoms with Crippen molar-refractivity contribution in [1.82, 2.24) is 4.90 Å². The van der Waals surface area contributed by atoms with E-state index in [4.69, 9.17) is 0 Å². The van der Waals surface area contributed by atoms with E-state index in [0.717, 1.165) is 4.47 Å². The van der Waals surface area contributed by atoms with Crippen molar-refractivity contribution in [2.24, 2.45) is 16.7 Å². The van der Waals surface area contributed by atoms with Gasteiger partial charge in [-0.25, -0.2) is 4.90 Å². The van der Waals surface area contributed by atoms with Crippen molar-refractivity contribution in [2.75, 3.05) is 4.90 Å². The largest absolute Gasteiger partial charge is 0.325 e. The van der Waals surface area contributed by atoms with Crippen molar-refractivity contribution in [3.05, 3.63) is 28.7 Å². The molecular formula is C23H31BrN2O3. The standard InChI is InChI=1S/C23H31BrN2O3/c1-8-21(2,3)26(20(29)18-22(4,5)23(18,6)7)16-13-17(27)25(19(16)28)15-11-9-14(24)10-12-15/h9-12,16,18H,8,13H2,1-7H3. The Labute approximate surface area is 181 Å². The lowest BCUT2D eigenvalue weighted by Crippen LogP contribution is -2.56. The molecule has 0 radical (unpaired) electrons. The van der Waals surface area contributed by atoms with Gasteiger partial charge in [-0.3, -0.25) is 14.4 Å². The van der Waals surface area contributed by atoms with Crippen LogP contribution in [0.4, 0.5) is 5.69 Å². The maximum Gasteiger partial charge on any atom is 0.257 e. The minimum absolute atomic E-state index is 0.0179. The Morgan fingerprint density at radius 2 is 1.66 bits per heavy atom. The summed E-state index contributed by atoms with van der Waals surface area (Å²) in [6, 6.07) is 6.33. The van der Waals surface area contributed by atoms with Crippen LogP contribution in [-0.2, 0) is 14.4 Å². The fraction of sp³-hybridized carbons (Fsp3) is 0.609. The van der Waals surface area contributed by atoms with Gasteiger partial charge in [0, 0.05) is 15.9 Å². The second-order valence-corrected chi connectivity index (χ2v) is 10.9. The highest BCUT2D eigenvalue weighted by Crippen LogP contribution is 2.69. The molecule has 5 nitrogen and oxygen atoms in total. The molecule has 0 aromatic heterocycles. The Balaban J connectivity index is 1.97. The van der Waals surface area contributed by atoms with Crippen LogP contribution in [0.1, 0.15) is 61.3 Å². The molecule has 29 heavy (non-hydrogen) atoms. The van der Waals surface area contributed by atoms with E-state index in [0.29, 0.717) is 12.1 Å². The number of hydrogen-bond donors (Lipinski definition) is 0. The van der Waals surface area contributed by atoms with Crippen molar-refractivity contribution in [2.45, 2.75) is 72.9 Å². The summed E-state index contributed by atoms with van der Waals surface area (Å²) in [5.74, 6) is -0.758. The molecule has 1 aliphatic carbocycles. The molecule has 1 atom stereocenters. The molecule has 0 bridgehead atoms. The van der Waals surface area contributed by atoms with Gasteiger partial charge in [0.1, 0.15) is 6.04 Å². The van der Waals surface area contributed by atoms with E-state index < -0.39 is 11.6 Å². The minimum atomic E-state index is -0.763. The fourth-order valence-corrected chi connectivity index (χ4v) is 4.94. The highest BCUT2D eigenvalue weighted by molar-refractivity contribution is 9.10. The van der Waals surface area contributed by atoms with E-state index in [9.17, 15) is 14.4 Å². The van der Waals surface area contributed by atoms with Gasteiger partial charge >= 0.3 is 0 Å². The molecular weight excluding hydrogens is 432 g/mol. The Morgan fingerprint density at radius 3 is 2.10 bits per heavy atom. The van der Waals surface area contributed by atoms with Crippen molar-refractivity contribution in [3.63, 3.8) is 0 Å². The van der Waals surface area contributed by atoms with Gasteiger partial charge in [0.15, 0.2) is 0 Å². The fourth-order valence-electron chi connectivity index (χ4n) is 4.68. The highest BCUT2D eigenvalue weighted by Gasteiger charge is 2.70. The van der Waals surface area contributed by atoms with Crippen LogP contribution in [0.25, 0.3) is 0 Å². The molecule has 1 aliphatic heterocycles. The molecule has 0 N–H and O–H groups in total. The number of imide groups is 1. The summed E-state index contributed by atoms with van der Waals surface area (Å²) >= 11 is 3.38. The zero-order chi connectivity index (χ0) is 21.9. The molecule has 0 spiro atoms. The Hall–Kier alpha value is -1.69. The number of benzene rings is 1. The molecule has 1 aromatic rings. The van der Waals surface area contributed by atoms with E-state index in [2.05, 4.69) is 43.6 Å². The van der Waals surface area contributed by atoms with Gasteiger partial charge in [0.05, 0.1) is 12.1 Å². The van der Waals surface area contributed by atoms with Crippen LogP contribution in [0.2, 0.25) is 0 Å². The van der Waals surface area contributed by atoms with Gasteiger partial charge in [-0.15, -0.1) is 0 Å². The third-order valence-electron chi connectivity index (χ3n) is 7.54. The zero-order valence-corrected chi connectivity index (χ0v) is 20.0. The first kappa shape index (κ1) is 22.0. The second kappa shape index (κ2) is 6.93. The van der Waals surface area contributed by atoms with E-state index in [1.54, 1.807) is 29.2 Å². The summed E-state index contributed by atoms with van der Waals surface area (Å²) in [7, 11) is 0. The lowest BCUT2D eigenvalue weighted by atomic mass is 9.94. The first-order chi connectivity index (χ1) is 13.3. The van der Waals surface area contributed by atoms with Gasteiger partial charge < -0.3 is 4.90 Å². The predicted molar refractivity (Wildman–Crippen MR) is 117 cm³/mol.